The third-order valence-corrected chi connectivity index (χ3v) is 19.0. The van der Waals surface area contributed by atoms with Gasteiger partial charge in [-0.15, -0.1) is 0 Å². The zero-order valence-electron chi connectivity index (χ0n) is 51.8. The minimum atomic E-state index is -2.28. The molecule has 0 aromatic carbocycles. The van der Waals surface area contributed by atoms with Crippen molar-refractivity contribution in [3.63, 3.8) is 0 Å². The molecule has 0 radical (unpaired) electrons. The smallest absolute Gasteiger partial charge is 0.187 e. The Morgan fingerprint density at radius 3 is 0.273 bits per heavy atom. The fourth-order valence-corrected chi connectivity index (χ4v) is 13.4. The van der Waals surface area contributed by atoms with Gasteiger partial charge in [0.25, 0.3) is 0 Å². The highest BCUT2D eigenvalue weighted by atomic mass is 16.8. The van der Waals surface area contributed by atoms with Crippen LogP contribution in [0.5, 0.6) is 0 Å². The van der Waals surface area contributed by atoms with E-state index in [1.807, 2.05) is 0 Å². The summed E-state index contributed by atoms with van der Waals surface area (Å²) in [5.41, 5.74) is 0. The van der Waals surface area contributed by atoms with Crippen LogP contribution in [-0.4, -0.2) is 474 Å². The molecule has 18 bridgehead atoms. The molecule has 0 amide bonds. The van der Waals surface area contributed by atoms with Crippen LogP contribution in [0, 0.1) is 0 Å². The first kappa shape index (κ1) is 79.8. The predicted octanol–water partition coefficient (Wildman–Crippen LogP) is -19.6. The van der Waals surface area contributed by atoms with Crippen molar-refractivity contribution in [2.45, 2.75) is 276 Å². The van der Waals surface area contributed by atoms with Gasteiger partial charge in [-0.25, -0.2) is 0 Å². The van der Waals surface area contributed by atoms with E-state index in [4.69, 9.17) is 85.3 Å². The zero-order valence-corrected chi connectivity index (χ0v) is 51.8. The Hall–Kier alpha value is -1.80. The summed E-state index contributed by atoms with van der Waals surface area (Å²) in [6.07, 6.45) is -93.8. The molecule has 27 fully saturated rings. The van der Waals surface area contributed by atoms with Gasteiger partial charge < -0.3 is 223 Å². The van der Waals surface area contributed by atoms with Gasteiger partial charge in [0.2, 0.25) is 0 Å². The van der Waals surface area contributed by atoms with Crippen molar-refractivity contribution in [2.24, 2.45) is 0 Å². The SMILES string of the molecule is OCC1O[C@@H]2O[C@@H]3C(CO)O[C@H](O[C@@H]4C(CO)O[C@H](O[C@@H]5C(CO)O[C@H](O[C@@H]6C(CO)O[C@H](O[C@@H]7C(CO)O[C@H](O[C@@H]8C(CO)O[C@H](O[C@@H]9C(CO)O[C@H](O[C@@H]%10C(CO)O[C@H](O[C@H]1C(O)[C@@H]2O)C(O)[C@H]%10O)[C@@H](O)C9O)[C@@H](O)C8O)[C@@H](O)C7O)[C@@H](O)C6O)[C@@H](O)C5O)[C@@H](O)C4O)[C@@H](O)C3O. The summed E-state index contributed by atoms with van der Waals surface area (Å²) in [6.45, 7) is -9.99. The molecular formula is C54H90O45. The van der Waals surface area contributed by atoms with E-state index in [9.17, 15) is 138 Å². The highest BCUT2D eigenvalue weighted by Crippen LogP contribution is 2.40. The van der Waals surface area contributed by atoms with Gasteiger partial charge in [0.15, 0.2) is 56.6 Å². The molecule has 18 unspecified atom stereocenters. The second kappa shape index (κ2) is 34.0. The lowest BCUT2D eigenvalue weighted by molar-refractivity contribution is -0.399. The highest BCUT2D eigenvalue weighted by molar-refractivity contribution is 5.03. The molecule has 99 heavy (non-hydrogen) atoms. The molecule has 27 saturated heterocycles. The number of hydrogen-bond donors (Lipinski definition) is 27. The lowest BCUT2D eigenvalue weighted by Gasteiger charge is -2.50. The minimum Gasteiger partial charge on any atom is -0.394 e. The zero-order chi connectivity index (χ0) is 72.1. The van der Waals surface area contributed by atoms with Crippen LogP contribution in [0.4, 0.5) is 0 Å². The highest BCUT2D eigenvalue weighted by Gasteiger charge is 2.61. The maximum atomic E-state index is 11.5. The average molecular weight is 1460 g/mol. The Morgan fingerprint density at radius 2 is 0.202 bits per heavy atom. The molecule has 45 nitrogen and oxygen atoms in total. The summed E-state index contributed by atoms with van der Waals surface area (Å²) in [4.78, 5) is 0. The predicted molar refractivity (Wildman–Crippen MR) is 294 cm³/mol. The summed E-state index contributed by atoms with van der Waals surface area (Å²) < 4.78 is 103. The molecular weight excluding hydrogens is 1370 g/mol. The summed E-state index contributed by atoms with van der Waals surface area (Å²) in [7, 11) is 0. The second-order valence-electron chi connectivity index (χ2n) is 25.3. The van der Waals surface area contributed by atoms with E-state index in [-0.39, 0.29) is 0 Å². The van der Waals surface area contributed by atoms with Crippen LogP contribution < -0.4 is 0 Å². The summed E-state index contributed by atoms with van der Waals surface area (Å²) in [5, 5.41) is 300. The van der Waals surface area contributed by atoms with Crippen LogP contribution in [0.2, 0.25) is 0 Å². The Bertz CT molecular complexity index is 1940. The molecule has 27 rings (SSSR count). The van der Waals surface area contributed by atoms with Crippen molar-refractivity contribution >= 4 is 0 Å². The number of ether oxygens (including phenoxy) is 18. The van der Waals surface area contributed by atoms with Gasteiger partial charge in [0.1, 0.15) is 220 Å². The molecule has 576 valence electrons. The Labute approximate surface area is 558 Å². The first-order valence-corrected chi connectivity index (χ1v) is 31.7. The molecule has 0 aliphatic carbocycles. The number of aliphatic hydroxyl groups excluding tert-OH is 27. The Kier molecular flexibility index (Phi) is 27.4. The molecule has 45 atom stereocenters. The molecule has 0 aromatic rings. The van der Waals surface area contributed by atoms with Crippen LogP contribution >= 0.6 is 0 Å². The molecule has 27 heterocycles. The van der Waals surface area contributed by atoms with Gasteiger partial charge in [0.05, 0.1) is 59.5 Å². The van der Waals surface area contributed by atoms with Crippen molar-refractivity contribution in [2.75, 3.05) is 59.5 Å². The third-order valence-electron chi connectivity index (χ3n) is 19.0. The van der Waals surface area contributed by atoms with E-state index in [0.29, 0.717) is 0 Å². The molecule has 0 spiro atoms. The topological polar surface area (TPSA) is 712 Å². The van der Waals surface area contributed by atoms with Crippen molar-refractivity contribution in [3.05, 3.63) is 0 Å². The van der Waals surface area contributed by atoms with E-state index >= 15 is 0 Å². The normalized spacial score (nSPS) is 55.4. The summed E-state index contributed by atoms with van der Waals surface area (Å²) >= 11 is 0. The van der Waals surface area contributed by atoms with E-state index in [0.717, 1.165) is 0 Å². The number of rotatable bonds is 9. The molecule has 27 aliphatic heterocycles. The minimum absolute atomic E-state index is 1.11. The van der Waals surface area contributed by atoms with Crippen LogP contribution in [0.3, 0.4) is 0 Å². The molecule has 27 N–H and O–H groups in total. The number of aliphatic hydroxyl groups is 27. The molecule has 0 saturated carbocycles. The fraction of sp³-hybridized carbons (Fsp3) is 1.00. The van der Waals surface area contributed by atoms with Gasteiger partial charge in [-0.2, -0.15) is 0 Å². The van der Waals surface area contributed by atoms with Gasteiger partial charge >= 0.3 is 0 Å². The molecule has 45 heteroatoms. The van der Waals surface area contributed by atoms with E-state index < -0.39 is 336 Å². The van der Waals surface area contributed by atoms with Crippen LogP contribution in [-0.2, 0) is 85.3 Å². The van der Waals surface area contributed by atoms with Crippen LogP contribution in [0.15, 0.2) is 0 Å². The standard InChI is InChI=1S/C54H90O45/c55-1-10-37-19(64)28(73)46(82-10)92-38-11(2-56)84-48(30(75)21(38)66)94-40-13(4-58)86-50(32(77)23(40)68)96-42-15(6-60)88-52(34(79)25(42)70)98-44-17(8-62)90-54(36(81)27(44)72)99-45-18(9-63)89-53(35(80)26(45)71)97-43-16(7-61)87-51(33(78)24(43)69)95-41-14(5-59)85-49(31(76)22(41)67)93-39-12(3-57)83-47(91-37)29(74)20(39)65/h10-81H,1-9H2/t10?,11?,12?,13?,14?,15?,16?,17?,18?,19-,20?,21?,22?,23?,24?,25?,26?,27?,28?,29+,30+,31+,32+,33+,34+,35+,36+,37-,38-,39-,40-,41-,42-,43-,44-,45-,46-,47-,48-,49-,50-,51-,52-,53-,54-/m1/s1. The maximum absolute atomic E-state index is 11.5. The fourth-order valence-electron chi connectivity index (χ4n) is 13.4. The van der Waals surface area contributed by atoms with E-state index in [1.165, 1.54) is 0 Å². The van der Waals surface area contributed by atoms with Gasteiger partial charge in [-0.05, 0) is 0 Å². The summed E-state index contributed by atoms with van der Waals surface area (Å²) in [5.74, 6) is 0. The van der Waals surface area contributed by atoms with Gasteiger partial charge in [-0.3, -0.25) is 0 Å². The Balaban J connectivity index is 0.896. The second-order valence-corrected chi connectivity index (χ2v) is 25.3. The maximum Gasteiger partial charge on any atom is 0.187 e. The molecule has 0 aromatic heterocycles. The Morgan fingerprint density at radius 1 is 0.121 bits per heavy atom. The van der Waals surface area contributed by atoms with Gasteiger partial charge in [-0.1, -0.05) is 0 Å². The number of hydrogen-bond acceptors (Lipinski definition) is 45. The van der Waals surface area contributed by atoms with Crippen LogP contribution in [0.25, 0.3) is 0 Å². The van der Waals surface area contributed by atoms with Crippen molar-refractivity contribution in [1.82, 2.24) is 0 Å². The lowest BCUT2D eigenvalue weighted by atomic mass is 9.95. The quantitative estimate of drug-likeness (QED) is 0.102. The lowest BCUT2D eigenvalue weighted by Crippen LogP contribution is -2.68. The largest absolute Gasteiger partial charge is 0.394 e. The first-order chi connectivity index (χ1) is 47.1. The van der Waals surface area contributed by atoms with Gasteiger partial charge in [0, 0.05) is 0 Å². The molecule has 27 aliphatic rings. The van der Waals surface area contributed by atoms with Crippen molar-refractivity contribution in [1.29, 1.82) is 0 Å². The monoisotopic (exact) mass is 1460 g/mol. The summed E-state index contributed by atoms with van der Waals surface area (Å²) in [6, 6.07) is 0. The first-order valence-electron chi connectivity index (χ1n) is 31.7. The third kappa shape index (κ3) is 15.8. The van der Waals surface area contributed by atoms with Crippen molar-refractivity contribution in [3.8, 4) is 0 Å². The average Bonchev–Trinajstić information content (AvgIpc) is 0.780. The van der Waals surface area contributed by atoms with E-state index in [1.54, 1.807) is 0 Å². The van der Waals surface area contributed by atoms with E-state index in [2.05, 4.69) is 0 Å². The van der Waals surface area contributed by atoms with Crippen LogP contribution in [0.1, 0.15) is 0 Å². The van der Waals surface area contributed by atoms with Crippen molar-refractivity contribution < 1.29 is 223 Å².